The standard InChI is InChI=1S/C17H21FN2OSi/c1-22(2,3)11-9-13-7-8-15-14(12-13)17(18)19-20(15)16-6-4-5-10-21-16/h7-8,12,16H,4-6,10H2,1-3H3. The molecule has 1 aromatic carbocycles. The van der Waals surface area contributed by atoms with E-state index in [0.717, 1.165) is 30.3 Å². The summed E-state index contributed by atoms with van der Waals surface area (Å²) < 4.78 is 21.6. The molecule has 1 aliphatic heterocycles. The molecule has 5 heteroatoms. The molecular weight excluding hydrogens is 295 g/mol. The summed E-state index contributed by atoms with van der Waals surface area (Å²) in [6, 6.07) is 5.64. The Morgan fingerprint density at radius 2 is 2.14 bits per heavy atom. The number of fused-ring (bicyclic) bond motifs is 1. The lowest BCUT2D eigenvalue weighted by molar-refractivity contribution is -0.0375. The predicted octanol–water partition coefficient (Wildman–Crippen LogP) is 4.10. The van der Waals surface area contributed by atoms with Crippen LogP contribution in [0.3, 0.4) is 0 Å². The average molecular weight is 316 g/mol. The maximum absolute atomic E-state index is 14.2. The number of benzene rings is 1. The van der Waals surface area contributed by atoms with E-state index in [4.69, 9.17) is 4.74 Å². The highest BCUT2D eigenvalue weighted by Crippen LogP contribution is 2.28. The van der Waals surface area contributed by atoms with E-state index in [9.17, 15) is 4.39 Å². The normalized spacial score (nSPS) is 19.0. The van der Waals surface area contributed by atoms with Gasteiger partial charge in [-0.2, -0.15) is 4.39 Å². The van der Waals surface area contributed by atoms with Gasteiger partial charge in [-0.05, 0) is 37.5 Å². The minimum absolute atomic E-state index is 0.153. The van der Waals surface area contributed by atoms with E-state index in [2.05, 4.69) is 36.2 Å². The molecule has 3 nitrogen and oxygen atoms in total. The van der Waals surface area contributed by atoms with E-state index in [1.807, 2.05) is 12.1 Å². The highest BCUT2D eigenvalue weighted by molar-refractivity contribution is 6.83. The zero-order valence-corrected chi connectivity index (χ0v) is 14.3. The smallest absolute Gasteiger partial charge is 0.240 e. The molecule has 1 unspecified atom stereocenters. The molecule has 3 rings (SSSR count). The summed E-state index contributed by atoms with van der Waals surface area (Å²) in [7, 11) is -1.44. The number of rotatable bonds is 1. The molecule has 1 aliphatic rings. The van der Waals surface area contributed by atoms with E-state index < -0.39 is 14.0 Å². The minimum Gasteiger partial charge on any atom is -0.356 e. The lowest BCUT2D eigenvalue weighted by atomic mass is 10.1. The molecule has 2 heterocycles. The summed E-state index contributed by atoms with van der Waals surface area (Å²) in [4.78, 5) is 0. The Morgan fingerprint density at radius 3 is 2.82 bits per heavy atom. The first kappa shape index (κ1) is 15.3. The first-order valence-corrected chi connectivity index (χ1v) is 11.3. The Kier molecular flexibility index (Phi) is 4.07. The second-order valence-electron chi connectivity index (χ2n) is 6.79. The van der Waals surface area contributed by atoms with Crippen LogP contribution in [0.25, 0.3) is 10.9 Å². The molecule has 0 amide bonds. The van der Waals surface area contributed by atoms with Gasteiger partial charge < -0.3 is 4.74 Å². The highest BCUT2D eigenvalue weighted by Gasteiger charge is 2.21. The van der Waals surface area contributed by atoms with Gasteiger partial charge in [0.25, 0.3) is 0 Å². The van der Waals surface area contributed by atoms with Gasteiger partial charge in [0.2, 0.25) is 5.95 Å². The van der Waals surface area contributed by atoms with Crippen LogP contribution in [-0.2, 0) is 4.74 Å². The Labute approximate surface area is 131 Å². The maximum Gasteiger partial charge on any atom is 0.240 e. The average Bonchev–Trinajstić information content (AvgIpc) is 2.82. The van der Waals surface area contributed by atoms with Crippen molar-refractivity contribution in [3.8, 4) is 11.5 Å². The number of aromatic nitrogens is 2. The molecule has 0 bridgehead atoms. The Bertz CT molecular complexity index is 746. The van der Waals surface area contributed by atoms with Crippen LogP contribution in [0.5, 0.6) is 0 Å². The van der Waals surface area contributed by atoms with Crippen LogP contribution in [0.4, 0.5) is 4.39 Å². The number of nitrogens with zero attached hydrogens (tertiary/aromatic N) is 2. The van der Waals surface area contributed by atoms with Gasteiger partial charge in [-0.1, -0.05) is 25.6 Å². The van der Waals surface area contributed by atoms with Gasteiger partial charge >= 0.3 is 0 Å². The molecule has 2 aromatic rings. The predicted molar refractivity (Wildman–Crippen MR) is 88.8 cm³/mol. The summed E-state index contributed by atoms with van der Waals surface area (Å²) in [5.74, 6) is 2.73. The fraction of sp³-hybridized carbons (Fsp3) is 0.471. The minimum atomic E-state index is -1.44. The second-order valence-corrected chi connectivity index (χ2v) is 11.5. The van der Waals surface area contributed by atoms with E-state index in [1.54, 1.807) is 10.7 Å². The van der Waals surface area contributed by atoms with Gasteiger partial charge in [0, 0.05) is 12.2 Å². The number of hydrogen-bond donors (Lipinski definition) is 0. The van der Waals surface area contributed by atoms with Crippen molar-refractivity contribution < 1.29 is 9.13 Å². The first-order valence-electron chi connectivity index (χ1n) is 7.77. The number of halogens is 1. The number of hydrogen-bond acceptors (Lipinski definition) is 2. The van der Waals surface area contributed by atoms with E-state index >= 15 is 0 Å². The van der Waals surface area contributed by atoms with Crippen LogP contribution in [0, 0.1) is 17.4 Å². The van der Waals surface area contributed by atoms with Gasteiger partial charge in [-0.15, -0.1) is 10.6 Å². The zero-order chi connectivity index (χ0) is 15.7. The third-order valence-corrected chi connectivity index (χ3v) is 4.55. The molecule has 0 saturated carbocycles. The highest BCUT2D eigenvalue weighted by atomic mass is 28.3. The third kappa shape index (κ3) is 3.23. The first-order chi connectivity index (χ1) is 10.4. The van der Waals surface area contributed by atoms with E-state index in [0.29, 0.717) is 12.0 Å². The van der Waals surface area contributed by atoms with Crippen LogP contribution in [0.15, 0.2) is 18.2 Å². The van der Waals surface area contributed by atoms with Crippen LogP contribution < -0.4 is 0 Å². The topological polar surface area (TPSA) is 27.1 Å². The summed E-state index contributed by atoms with van der Waals surface area (Å²) in [6.07, 6.45) is 2.88. The van der Waals surface area contributed by atoms with Crippen molar-refractivity contribution in [2.75, 3.05) is 6.61 Å². The monoisotopic (exact) mass is 316 g/mol. The quantitative estimate of drug-likeness (QED) is 0.585. The third-order valence-electron chi connectivity index (χ3n) is 3.67. The molecule has 0 spiro atoms. The second kappa shape index (κ2) is 5.86. The van der Waals surface area contributed by atoms with Crippen molar-refractivity contribution in [3.63, 3.8) is 0 Å². The van der Waals surface area contributed by atoms with Crippen molar-refractivity contribution in [2.45, 2.75) is 45.1 Å². The van der Waals surface area contributed by atoms with E-state index in [1.165, 1.54) is 0 Å². The Hall–Kier alpha value is -1.64. The lowest BCUT2D eigenvalue weighted by Gasteiger charge is -2.23. The summed E-state index contributed by atoms with van der Waals surface area (Å²) >= 11 is 0. The van der Waals surface area contributed by atoms with Crippen LogP contribution >= 0.6 is 0 Å². The molecule has 0 radical (unpaired) electrons. The maximum atomic E-state index is 14.2. The molecule has 1 atom stereocenters. The SMILES string of the molecule is C[Si](C)(C)C#Cc1ccc2c(c1)c(F)nn2C1CCCCO1. The Morgan fingerprint density at radius 1 is 1.32 bits per heavy atom. The van der Waals surface area contributed by atoms with Crippen molar-refractivity contribution in [2.24, 2.45) is 0 Å². The van der Waals surface area contributed by atoms with Crippen LogP contribution in [0.2, 0.25) is 19.6 Å². The van der Waals surface area contributed by atoms with Crippen molar-refractivity contribution >= 4 is 19.0 Å². The molecule has 1 saturated heterocycles. The molecule has 0 aliphatic carbocycles. The van der Waals surface area contributed by atoms with Gasteiger partial charge in [0.15, 0.2) is 6.23 Å². The summed E-state index contributed by atoms with van der Waals surface area (Å²) in [6.45, 7) is 7.29. The number of ether oxygens (including phenoxy) is 1. The molecule has 22 heavy (non-hydrogen) atoms. The lowest BCUT2D eigenvalue weighted by Crippen LogP contribution is -2.19. The Balaban J connectivity index is 1.99. The molecule has 1 aromatic heterocycles. The molecule has 116 valence electrons. The largest absolute Gasteiger partial charge is 0.356 e. The molecule has 0 N–H and O–H groups in total. The fourth-order valence-electron chi connectivity index (χ4n) is 2.58. The van der Waals surface area contributed by atoms with Gasteiger partial charge in [-0.25, -0.2) is 4.68 Å². The zero-order valence-electron chi connectivity index (χ0n) is 13.3. The van der Waals surface area contributed by atoms with Gasteiger partial charge in [-0.3, -0.25) is 0 Å². The van der Waals surface area contributed by atoms with Crippen molar-refractivity contribution in [1.29, 1.82) is 0 Å². The fourth-order valence-corrected chi connectivity index (χ4v) is 3.10. The van der Waals surface area contributed by atoms with Crippen LogP contribution in [0.1, 0.15) is 31.1 Å². The van der Waals surface area contributed by atoms with Crippen LogP contribution in [-0.4, -0.2) is 24.5 Å². The van der Waals surface area contributed by atoms with E-state index in [-0.39, 0.29) is 6.23 Å². The van der Waals surface area contributed by atoms with Crippen molar-refractivity contribution in [3.05, 3.63) is 29.7 Å². The molecular formula is C17H21FN2OSi. The molecule has 1 fully saturated rings. The van der Waals surface area contributed by atoms with Gasteiger partial charge in [0.1, 0.15) is 8.07 Å². The summed E-state index contributed by atoms with van der Waals surface area (Å²) in [5.41, 5.74) is 4.93. The van der Waals surface area contributed by atoms with Gasteiger partial charge in [0.05, 0.1) is 10.9 Å². The summed E-state index contributed by atoms with van der Waals surface area (Å²) in [5, 5.41) is 4.57. The van der Waals surface area contributed by atoms with Crippen molar-refractivity contribution in [1.82, 2.24) is 9.78 Å².